The van der Waals surface area contributed by atoms with Crippen molar-refractivity contribution < 1.29 is 4.74 Å². The molecular formula is C16H27NO. The van der Waals surface area contributed by atoms with Gasteiger partial charge in [-0.05, 0) is 30.5 Å². The molecule has 0 aromatic heterocycles. The number of methoxy groups -OCH3 is 1. The van der Waals surface area contributed by atoms with Crippen molar-refractivity contribution in [2.24, 2.45) is 0 Å². The summed E-state index contributed by atoms with van der Waals surface area (Å²) in [4.78, 5) is 2.30. The number of benzene rings is 1. The van der Waals surface area contributed by atoms with Crippen LogP contribution in [0.1, 0.15) is 37.5 Å². The van der Waals surface area contributed by atoms with E-state index in [1.165, 1.54) is 16.7 Å². The monoisotopic (exact) mass is 249 g/mol. The Labute approximate surface area is 112 Å². The van der Waals surface area contributed by atoms with Crippen LogP contribution >= 0.6 is 0 Å². The van der Waals surface area contributed by atoms with Crippen LogP contribution in [0.4, 0.5) is 0 Å². The van der Waals surface area contributed by atoms with E-state index in [0.29, 0.717) is 0 Å². The first-order valence-electron chi connectivity index (χ1n) is 6.61. The zero-order valence-electron chi connectivity index (χ0n) is 12.7. The maximum atomic E-state index is 5.11. The van der Waals surface area contributed by atoms with Gasteiger partial charge in [0.15, 0.2) is 0 Å². The van der Waals surface area contributed by atoms with E-state index in [1.807, 2.05) is 0 Å². The summed E-state index contributed by atoms with van der Waals surface area (Å²) < 4.78 is 5.11. The van der Waals surface area contributed by atoms with Gasteiger partial charge in [-0.2, -0.15) is 0 Å². The number of hydrogen-bond donors (Lipinski definition) is 0. The van der Waals surface area contributed by atoms with E-state index in [1.54, 1.807) is 7.11 Å². The Hall–Kier alpha value is -0.860. The Morgan fingerprint density at radius 3 is 2.39 bits per heavy atom. The van der Waals surface area contributed by atoms with E-state index in [9.17, 15) is 0 Å². The maximum Gasteiger partial charge on any atom is 0.0589 e. The minimum Gasteiger partial charge on any atom is -0.383 e. The molecule has 0 fully saturated rings. The molecule has 0 unspecified atom stereocenters. The van der Waals surface area contributed by atoms with Gasteiger partial charge in [0.25, 0.3) is 0 Å². The molecule has 0 aliphatic rings. The summed E-state index contributed by atoms with van der Waals surface area (Å²) >= 11 is 0. The Morgan fingerprint density at radius 1 is 1.17 bits per heavy atom. The average Bonchev–Trinajstić information content (AvgIpc) is 2.24. The van der Waals surface area contributed by atoms with Gasteiger partial charge in [-0.3, -0.25) is 4.90 Å². The molecule has 1 aromatic carbocycles. The van der Waals surface area contributed by atoms with E-state index in [0.717, 1.165) is 19.7 Å². The van der Waals surface area contributed by atoms with E-state index >= 15 is 0 Å². The van der Waals surface area contributed by atoms with Gasteiger partial charge in [0.2, 0.25) is 0 Å². The highest BCUT2D eigenvalue weighted by molar-refractivity contribution is 5.33. The summed E-state index contributed by atoms with van der Waals surface area (Å²) in [5.74, 6) is 0. The number of ether oxygens (including phenoxy) is 1. The third kappa shape index (κ3) is 4.79. The minimum atomic E-state index is 0.214. The highest BCUT2D eigenvalue weighted by atomic mass is 16.5. The van der Waals surface area contributed by atoms with Gasteiger partial charge in [0.1, 0.15) is 0 Å². The van der Waals surface area contributed by atoms with Crippen molar-refractivity contribution in [3.05, 3.63) is 34.9 Å². The van der Waals surface area contributed by atoms with Crippen molar-refractivity contribution >= 4 is 0 Å². The zero-order chi connectivity index (χ0) is 13.8. The molecule has 0 radical (unpaired) electrons. The molecule has 0 heterocycles. The molecule has 0 N–H and O–H groups in total. The van der Waals surface area contributed by atoms with Crippen LogP contribution in [-0.2, 0) is 16.7 Å². The molecule has 1 rings (SSSR count). The van der Waals surface area contributed by atoms with Crippen LogP contribution in [0.15, 0.2) is 18.2 Å². The molecule has 0 saturated carbocycles. The van der Waals surface area contributed by atoms with Crippen molar-refractivity contribution in [1.82, 2.24) is 4.90 Å². The predicted molar refractivity (Wildman–Crippen MR) is 78.1 cm³/mol. The van der Waals surface area contributed by atoms with Crippen LogP contribution in [-0.4, -0.2) is 32.2 Å². The Balaban J connectivity index is 2.80. The number of likely N-dealkylation sites (N-methyl/N-ethyl adjacent to an activating group) is 1. The number of rotatable bonds is 5. The lowest BCUT2D eigenvalue weighted by atomic mass is 9.85. The van der Waals surface area contributed by atoms with E-state index in [2.05, 4.69) is 57.8 Å². The summed E-state index contributed by atoms with van der Waals surface area (Å²) in [7, 11) is 3.89. The fourth-order valence-corrected chi connectivity index (χ4v) is 2.02. The Bertz CT molecular complexity index is 379. The minimum absolute atomic E-state index is 0.214. The van der Waals surface area contributed by atoms with Crippen LogP contribution in [0.5, 0.6) is 0 Å². The van der Waals surface area contributed by atoms with Gasteiger partial charge in [0.05, 0.1) is 6.61 Å². The lowest BCUT2D eigenvalue weighted by Gasteiger charge is -2.22. The number of hydrogen-bond acceptors (Lipinski definition) is 2. The normalized spacial score (nSPS) is 12.2. The molecule has 2 heteroatoms. The molecule has 0 aliphatic carbocycles. The second-order valence-corrected chi connectivity index (χ2v) is 6.19. The van der Waals surface area contributed by atoms with Crippen LogP contribution < -0.4 is 0 Å². The molecule has 102 valence electrons. The molecule has 0 bridgehead atoms. The molecular weight excluding hydrogens is 222 g/mol. The molecule has 1 aromatic rings. The molecule has 0 spiro atoms. The molecule has 2 nitrogen and oxygen atoms in total. The smallest absolute Gasteiger partial charge is 0.0589 e. The van der Waals surface area contributed by atoms with Crippen molar-refractivity contribution in [1.29, 1.82) is 0 Å². The first-order chi connectivity index (χ1) is 8.32. The first kappa shape index (κ1) is 15.2. The van der Waals surface area contributed by atoms with Gasteiger partial charge in [-0.25, -0.2) is 0 Å². The van der Waals surface area contributed by atoms with Crippen molar-refractivity contribution in [3.8, 4) is 0 Å². The standard InChI is InChI=1S/C16H27NO/c1-13-9-14(12-17(5)7-8-18-6)11-15(10-13)16(2,3)4/h9-11H,7-8,12H2,1-6H3. The maximum absolute atomic E-state index is 5.11. The molecule has 0 saturated heterocycles. The van der Waals surface area contributed by atoms with Crippen molar-refractivity contribution in [2.75, 3.05) is 27.3 Å². The van der Waals surface area contributed by atoms with Gasteiger partial charge >= 0.3 is 0 Å². The average molecular weight is 249 g/mol. The third-order valence-corrected chi connectivity index (χ3v) is 3.13. The van der Waals surface area contributed by atoms with E-state index in [4.69, 9.17) is 4.74 Å². The third-order valence-electron chi connectivity index (χ3n) is 3.13. The quantitative estimate of drug-likeness (QED) is 0.793. The van der Waals surface area contributed by atoms with Crippen LogP contribution in [0.25, 0.3) is 0 Å². The summed E-state index contributed by atoms with van der Waals surface area (Å²) in [6.07, 6.45) is 0. The molecule has 0 atom stereocenters. The van der Waals surface area contributed by atoms with Gasteiger partial charge in [0, 0.05) is 20.2 Å². The molecule has 0 aliphatic heterocycles. The number of aryl methyl sites for hydroxylation is 1. The zero-order valence-corrected chi connectivity index (χ0v) is 12.7. The van der Waals surface area contributed by atoms with E-state index in [-0.39, 0.29) is 5.41 Å². The lowest BCUT2D eigenvalue weighted by molar-refractivity contribution is 0.158. The van der Waals surface area contributed by atoms with Gasteiger partial charge in [-0.1, -0.05) is 44.5 Å². The van der Waals surface area contributed by atoms with Crippen molar-refractivity contribution in [2.45, 2.75) is 39.7 Å². The first-order valence-corrected chi connectivity index (χ1v) is 6.61. The lowest BCUT2D eigenvalue weighted by Crippen LogP contribution is -2.22. The summed E-state index contributed by atoms with van der Waals surface area (Å²) in [5.41, 5.74) is 4.36. The van der Waals surface area contributed by atoms with Crippen LogP contribution in [0.2, 0.25) is 0 Å². The fourth-order valence-electron chi connectivity index (χ4n) is 2.02. The number of nitrogens with zero attached hydrogens (tertiary/aromatic N) is 1. The van der Waals surface area contributed by atoms with Crippen molar-refractivity contribution in [3.63, 3.8) is 0 Å². The molecule has 0 amide bonds. The van der Waals surface area contributed by atoms with E-state index < -0.39 is 0 Å². The van der Waals surface area contributed by atoms with Crippen LogP contribution in [0, 0.1) is 6.92 Å². The summed E-state index contributed by atoms with van der Waals surface area (Å²) in [5, 5.41) is 0. The Morgan fingerprint density at radius 2 is 1.83 bits per heavy atom. The van der Waals surface area contributed by atoms with Gasteiger partial charge < -0.3 is 4.74 Å². The van der Waals surface area contributed by atoms with Crippen LogP contribution in [0.3, 0.4) is 0 Å². The SMILES string of the molecule is COCCN(C)Cc1cc(C)cc(C(C)(C)C)c1. The topological polar surface area (TPSA) is 12.5 Å². The summed E-state index contributed by atoms with van der Waals surface area (Å²) in [6.45, 7) is 11.7. The molecule has 18 heavy (non-hydrogen) atoms. The fraction of sp³-hybridized carbons (Fsp3) is 0.625. The largest absolute Gasteiger partial charge is 0.383 e. The highest BCUT2D eigenvalue weighted by Crippen LogP contribution is 2.24. The second kappa shape index (κ2) is 6.35. The van der Waals surface area contributed by atoms with Gasteiger partial charge in [-0.15, -0.1) is 0 Å². The second-order valence-electron chi connectivity index (χ2n) is 6.19. The Kier molecular flexibility index (Phi) is 5.36. The highest BCUT2D eigenvalue weighted by Gasteiger charge is 2.14. The predicted octanol–water partition coefficient (Wildman–Crippen LogP) is 3.37. The summed E-state index contributed by atoms with van der Waals surface area (Å²) in [6, 6.07) is 6.90.